The van der Waals surface area contributed by atoms with Crippen molar-refractivity contribution < 1.29 is 14.3 Å². The maximum atomic E-state index is 9.34. The van der Waals surface area contributed by atoms with Crippen LogP contribution >= 0.6 is 0 Å². The van der Waals surface area contributed by atoms with Gasteiger partial charge < -0.3 is 14.8 Å². The molecule has 0 atom stereocenters. The summed E-state index contributed by atoms with van der Waals surface area (Å²) in [4.78, 5) is 18.6. The molecule has 0 fully saturated rings. The van der Waals surface area contributed by atoms with Gasteiger partial charge in [0.1, 0.15) is 6.29 Å². The Morgan fingerprint density at radius 2 is 1.75 bits per heavy atom. The van der Waals surface area contributed by atoms with Crippen molar-refractivity contribution >= 4 is 12.7 Å². The van der Waals surface area contributed by atoms with Gasteiger partial charge in [0.15, 0.2) is 0 Å². The van der Waals surface area contributed by atoms with Gasteiger partial charge in [0.05, 0.1) is 12.1 Å². The normalized spacial score (nSPS) is 9.33. The van der Waals surface area contributed by atoms with Crippen LogP contribution < -0.4 is 5.32 Å². The summed E-state index contributed by atoms with van der Waals surface area (Å²) >= 11 is 0. The Labute approximate surface area is 73.3 Å². The Morgan fingerprint density at radius 1 is 1.33 bits per heavy atom. The van der Waals surface area contributed by atoms with Crippen molar-refractivity contribution in [3.63, 3.8) is 0 Å². The number of hydrogen-bond donors (Lipinski definition) is 1. The number of carbonyl (C=O) groups excluding carboxylic acids is 2. The van der Waals surface area contributed by atoms with E-state index in [1.165, 1.54) is 0 Å². The average Bonchev–Trinajstić information content (AvgIpc) is 2.01. The third-order valence-electron chi connectivity index (χ3n) is 0.897. The molecule has 4 heteroatoms. The number of methoxy groups -OCH3 is 1. The van der Waals surface area contributed by atoms with E-state index in [0.717, 1.165) is 0 Å². The molecule has 0 aliphatic carbocycles. The number of nitrogens with one attached hydrogen (secondary N) is 1. The van der Waals surface area contributed by atoms with E-state index in [4.69, 9.17) is 4.74 Å². The van der Waals surface area contributed by atoms with E-state index >= 15 is 0 Å². The molecule has 0 unspecified atom stereocenters. The van der Waals surface area contributed by atoms with Crippen molar-refractivity contribution in [2.75, 3.05) is 13.7 Å². The van der Waals surface area contributed by atoms with Gasteiger partial charge in [-0.15, -0.1) is 0 Å². The molecule has 0 radical (unpaired) electrons. The number of rotatable bonds is 3. The van der Waals surface area contributed by atoms with Crippen molar-refractivity contribution in [3.8, 4) is 0 Å². The SMILES string of the molecule is COC(C)(C)C.O=CCNC=O. The molecule has 0 spiro atoms. The molecule has 0 aliphatic heterocycles. The highest BCUT2D eigenvalue weighted by atomic mass is 16.5. The Kier molecular flexibility index (Phi) is 9.34. The lowest BCUT2D eigenvalue weighted by atomic mass is 10.2. The zero-order valence-corrected chi connectivity index (χ0v) is 8.09. The first-order chi connectivity index (χ1) is 5.47. The molecule has 1 amide bonds. The molecule has 0 aromatic heterocycles. The minimum Gasteiger partial charge on any atom is -0.379 e. The summed E-state index contributed by atoms with van der Waals surface area (Å²) in [6.07, 6.45) is 1.10. The van der Waals surface area contributed by atoms with Gasteiger partial charge in [0.25, 0.3) is 0 Å². The lowest BCUT2D eigenvalue weighted by molar-refractivity contribution is -0.113. The van der Waals surface area contributed by atoms with Crippen molar-refractivity contribution in [3.05, 3.63) is 0 Å². The average molecular weight is 175 g/mol. The first kappa shape index (κ1) is 13.7. The molecule has 0 saturated heterocycles. The zero-order valence-electron chi connectivity index (χ0n) is 8.09. The van der Waals surface area contributed by atoms with Gasteiger partial charge >= 0.3 is 0 Å². The van der Waals surface area contributed by atoms with Gasteiger partial charge in [0.2, 0.25) is 6.41 Å². The Balaban J connectivity index is 0. The van der Waals surface area contributed by atoms with Gasteiger partial charge in [-0.25, -0.2) is 0 Å². The van der Waals surface area contributed by atoms with Crippen LogP contribution in [0.15, 0.2) is 0 Å². The first-order valence-electron chi connectivity index (χ1n) is 3.63. The molecule has 0 heterocycles. The topological polar surface area (TPSA) is 55.4 Å². The largest absolute Gasteiger partial charge is 0.379 e. The van der Waals surface area contributed by atoms with E-state index < -0.39 is 0 Å². The molecule has 4 nitrogen and oxygen atoms in total. The predicted molar refractivity (Wildman–Crippen MR) is 46.9 cm³/mol. The van der Waals surface area contributed by atoms with E-state index in [9.17, 15) is 9.59 Å². The van der Waals surface area contributed by atoms with Crippen molar-refractivity contribution in [2.45, 2.75) is 26.4 Å². The number of carbonyl (C=O) groups is 2. The summed E-state index contributed by atoms with van der Waals surface area (Å²) < 4.78 is 4.94. The smallest absolute Gasteiger partial charge is 0.207 e. The molecular formula is C8H17NO3. The second-order valence-corrected chi connectivity index (χ2v) is 3.01. The van der Waals surface area contributed by atoms with E-state index in [1.807, 2.05) is 20.8 Å². The van der Waals surface area contributed by atoms with Gasteiger partial charge in [0, 0.05) is 7.11 Å². The minimum absolute atomic E-state index is 0.0417. The highest BCUT2D eigenvalue weighted by Gasteiger charge is 2.03. The van der Waals surface area contributed by atoms with E-state index in [1.54, 1.807) is 7.11 Å². The van der Waals surface area contributed by atoms with Crippen LogP contribution in [0.3, 0.4) is 0 Å². The Bertz CT molecular complexity index is 110. The fraction of sp³-hybridized carbons (Fsp3) is 0.750. The third kappa shape index (κ3) is 23.0. The molecule has 0 aliphatic rings. The zero-order chi connectivity index (χ0) is 10.0. The lowest BCUT2D eigenvalue weighted by Gasteiger charge is -2.14. The molecule has 0 aromatic carbocycles. The molecule has 72 valence electrons. The first-order valence-corrected chi connectivity index (χ1v) is 3.63. The summed E-state index contributed by atoms with van der Waals surface area (Å²) in [5.41, 5.74) is 0.0417. The maximum Gasteiger partial charge on any atom is 0.207 e. The van der Waals surface area contributed by atoms with Gasteiger partial charge in [-0.1, -0.05) is 0 Å². The van der Waals surface area contributed by atoms with E-state index in [0.29, 0.717) is 12.7 Å². The molecule has 0 bridgehead atoms. The van der Waals surface area contributed by atoms with Crippen molar-refractivity contribution in [1.82, 2.24) is 5.32 Å². The second-order valence-electron chi connectivity index (χ2n) is 3.01. The standard InChI is InChI=1S/C5H12O.C3H5NO2/c1-5(2,3)6-4;5-2-1-4-3-6/h1-4H3;2-3H,1H2,(H,4,6). The number of ether oxygens (including phenoxy) is 1. The van der Waals surface area contributed by atoms with Crippen LogP contribution in [0.4, 0.5) is 0 Å². The van der Waals surface area contributed by atoms with Crippen molar-refractivity contribution in [1.29, 1.82) is 0 Å². The molecule has 0 aromatic rings. The summed E-state index contributed by atoms with van der Waals surface area (Å²) in [5.74, 6) is 0. The molecule has 0 rings (SSSR count). The monoisotopic (exact) mass is 175 g/mol. The van der Waals surface area contributed by atoms with E-state index in [-0.39, 0.29) is 12.1 Å². The fourth-order valence-corrected chi connectivity index (χ4v) is 0.0962. The lowest BCUT2D eigenvalue weighted by Crippen LogP contribution is -2.15. The second kappa shape index (κ2) is 8.20. The van der Waals surface area contributed by atoms with Gasteiger partial charge in [-0.2, -0.15) is 0 Å². The highest BCUT2D eigenvalue weighted by Crippen LogP contribution is 2.02. The number of aldehydes is 1. The quantitative estimate of drug-likeness (QED) is 0.498. The summed E-state index contributed by atoms with van der Waals surface area (Å²) in [6.45, 7) is 6.18. The summed E-state index contributed by atoms with van der Waals surface area (Å²) in [5, 5.41) is 2.15. The van der Waals surface area contributed by atoms with Gasteiger partial charge in [-0.3, -0.25) is 4.79 Å². The number of hydrogen-bond acceptors (Lipinski definition) is 3. The molecular weight excluding hydrogens is 158 g/mol. The van der Waals surface area contributed by atoms with Gasteiger partial charge in [-0.05, 0) is 20.8 Å². The molecule has 12 heavy (non-hydrogen) atoms. The van der Waals surface area contributed by atoms with Crippen LogP contribution in [0.25, 0.3) is 0 Å². The molecule has 1 N–H and O–H groups in total. The van der Waals surface area contributed by atoms with Crippen LogP contribution in [0.2, 0.25) is 0 Å². The molecule has 0 saturated carbocycles. The van der Waals surface area contributed by atoms with Crippen LogP contribution in [0.5, 0.6) is 0 Å². The maximum absolute atomic E-state index is 9.34. The van der Waals surface area contributed by atoms with E-state index in [2.05, 4.69) is 5.32 Å². The predicted octanol–water partition coefficient (Wildman–Crippen LogP) is 0.363. The fourth-order valence-electron chi connectivity index (χ4n) is 0.0962. The summed E-state index contributed by atoms with van der Waals surface area (Å²) in [7, 11) is 1.71. The minimum atomic E-state index is 0.0417. The van der Waals surface area contributed by atoms with Crippen LogP contribution in [0, 0.1) is 0 Å². The summed E-state index contributed by atoms with van der Waals surface area (Å²) in [6, 6.07) is 0. The van der Waals surface area contributed by atoms with Crippen molar-refractivity contribution in [2.24, 2.45) is 0 Å². The Hall–Kier alpha value is -0.900. The van der Waals surface area contributed by atoms with Crippen LogP contribution in [-0.2, 0) is 14.3 Å². The highest BCUT2D eigenvalue weighted by molar-refractivity contribution is 5.58. The Morgan fingerprint density at radius 3 is 1.83 bits per heavy atom. The van der Waals surface area contributed by atoms with Crippen LogP contribution in [0.1, 0.15) is 20.8 Å². The third-order valence-corrected chi connectivity index (χ3v) is 0.897. The van der Waals surface area contributed by atoms with Crippen LogP contribution in [-0.4, -0.2) is 32.0 Å². The number of amides is 1.